The van der Waals surface area contributed by atoms with E-state index >= 15 is 0 Å². The Hall–Kier alpha value is -1.26. The quantitative estimate of drug-likeness (QED) is 0.724. The highest BCUT2D eigenvalue weighted by Crippen LogP contribution is 2.29. The fraction of sp³-hybridized carbons (Fsp3) is 0.846. The van der Waals surface area contributed by atoms with Gasteiger partial charge in [-0.1, -0.05) is 6.92 Å². The van der Waals surface area contributed by atoms with Crippen molar-refractivity contribution in [2.45, 2.75) is 52.2 Å². The van der Waals surface area contributed by atoms with E-state index in [4.69, 9.17) is 4.74 Å². The number of ether oxygens (including phenoxy) is 2. The number of methoxy groups -OCH3 is 1. The number of rotatable bonds is 4. The molecule has 1 fully saturated rings. The van der Waals surface area contributed by atoms with Gasteiger partial charge in [-0.25, -0.2) is 4.79 Å². The fourth-order valence-electron chi connectivity index (χ4n) is 1.65. The van der Waals surface area contributed by atoms with Crippen LogP contribution in [0.1, 0.15) is 40.5 Å². The molecule has 0 bridgehead atoms. The molecule has 1 unspecified atom stereocenters. The van der Waals surface area contributed by atoms with E-state index in [2.05, 4.69) is 4.74 Å². The first-order valence-electron chi connectivity index (χ1n) is 6.32. The smallest absolute Gasteiger partial charge is 0.410 e. The third-order valence-electron chi connectivity index (χ3n) is 2.69. The van der Waals surface area contributed by atoms with Crippen LogP contribution in [0.4, 0.5) is 4.79 Å². The summed E-state index contributed by atoms with van der Waals surface area (Å²) in [7, 11) is 1.35. The molecule has 18 heavy (non-hydrogen) atoms. The maximum atomic E-state index is 12.0. The SMILES string of the molecule is COC(=O)C(C)CN(C(=O)OC(C)(C)C)C1CC1. The number of nitrogens with zero attached hydrogens (tertiary/aromatic N) is 1. The van der Waals surface area contributed by atoms with Crippen LogP contribution in [0.5, 0.6) is 0 Å². The van der Waals surface area contributed by atoms with Crippen LogP contribution < -0.4 is 0 Å². The molecule has 0 saturated heterocycles. The third kappa shape index (κ3) is 4.55. The van der Waals surface area contributed by atoms with Gasteiger partial charge in [-0.15, -0.1) is 0 Å². The van der Waals surface area contributed by atoms with Crippen LogP contribution in [0.15, 0.2) is 0 Å². The van der Waals surface area contributed by atoms with Gasteiger partial charge in [-0.2, -0.15) is 0 Å². The van der Waals surface area contributed by atoms with Gasteiger partial charge in [-0.05, 0) is 33.6 Å². The zero-order chi connectivity index (χ0) is 13.9. The predicted octanol–water partition coefficient (Wildman–Crippen LogP) is 2.20. The standard InChI is InChI=1S/C13H23NO4/c1-9(11(15)17-5)8-14(10-6-7-10)12(16)18-13(2,3)4/h9-10H,6-8H2,1-5H3. The molecule has 5 heteroatoms. The topological polar surface area (TPSA) is 55.8 Å². The number of hydrogen-bond donors (Lipinski definition) is 0. The lowest BCUT2D eigenvalue weighted by molar-refractivity contribution is -0.145. The third-order valence-corrected chi connectivity index (χ3v) is 2.69. The molecule has 0 heterocycles. The molecule has 1 amide bonds. The van der Waals surface area contributed by atoms with Crippen LogP contribution >= 0.6 is 0 Å². The second kappa shape index (κ2) is 5.59. The molecular weight excluding hydrogens is 234 g/mol. The van der Waals surface area contributed by atoms with Crippen molar-refractivity contribution in [3.63, 3.8) is 0 Å². The summed E-state index contributed by atoms with van der Waals surface area (Å²) in [5.41, 5.74) is -0.515. The second-order valence-electron chi connectivity index (χ2n) is 5.79. The normalized spacial score (nSPS) is 16.9. The lowest BCUT2D eigenvalue weighted by atomic mass is 10.1. The maximum Gasteiger partial charge on any atom is 0.410 e. The summed E-state index contributed by atoms with van der Waals surface area (Å²) in [6, 6.07) is 0.215. The van der Waals surface area contributed by atoms with E-state index in [0.717, 1.165) is 12.8 Å². The van der Waals surface area contributed by atoms with Crippen LogP contribution in [-0.2, 0) is 14.3 Å². The first kappa shape index (κ1) is 14.8. The molecule has 0 aromatic carbocycles. The van der Waals surface area contributed by atoms with Gasteiger partial charge in [0.2, 0.25) is 0 Å². The zero-order valence-corrected chi connectivity index (χ0v) is 11.9. The highest BCUT2D eigenvalue weighted by atomic mass is 16.6. The number of carbonyl (C=O) groups excluding carboxylic acids is 2. The molecule has 0 aromatic rings. The molecule has 104 valence electrons. The van der Waals surface area contributed by atoms with E-state index in [1.54, 1.807) is 11.8 Å². The van der Waals surface area contributed by atoms with Crippen molar-refractivity contribution in [1.82, 2.24) is 4.90 Å². The maximum absolute atomic E-state index is 12.0. The molecule has 0 N–H and O–H groups in total. The van der Waals surface area contributed by atoms with Crippen LogP contribution in [0.25, 0.3) is 0 Å². The molecule has 0 radical (unpaired) electrons. The molecule has 1 aliphatic rings. The van der Waals surface area contributed by atoms with Crippen molar-refractivity contribution in [3.8, 4) is 0 Å². The number of hydrogen-bond acceptors (Lipinski definition) is 4. The summed E-state index contributed by atoms with van der Waals surface area (Å²) in [5.74, 6) is -0.632. The van der Waals surface area contributed by atoms with Gasteiger partial charge < -0.3 is 14.4 Å². The average molecular weight is 257 g/mol. The highest BCUT2D eigenvalue weighted by molar-refractivity contribution is 5.74. The molecular formula is C13H23NO4. The average Bonchev–Trinajstić information content (AvgIpc) is 3.05. The van der Waals surface area contributed by atoms with E-state index in [0.29, 0.717) is 6.54 Å². The Morgan fingerprint density at radius 3 is 2.28 bits per heavy atom. The number of amides is 1. The Balaban J connectivity index is 2.60. The molecule has 5 nitrogen and oxygen atoms in total. The Morgan fingerprint density at radius 2 is 1.89 bits per heavy atom. The summed E-state index contributed by atoms with van der Waals surface area (Å²) in [6.45, 7) is 7.61. The predicted molar refractivity (Wildman–Crippen MR) is 67.1 cm³/mol. The van der Waals surface area contributed by atoms with Crippen molar-refractivity contribution in [3.05, 3.63) is 0 Å². The Bertz CT molecular complexity index is 317. The van der Waals surface area contributed by atoms with Gasteiger partial charge in [0.1, 0.15) is 5.60 Å². The first-order chi connectivity index (χ1) is 8.24. The Kier molecular flexibility index (Phi) is 4.59. The summed E-state index contributed by atoms with van der Waals surface area (Å²) in [4.78, 5) is 25.1. The van der Waals surface area contributed by atoms with Gasteiger partial charge in [0.25, 0.3) is 0 Å². The minimum absolute atomic E-state index is 0.215. The molecule has 1 rings (SSSR count). The van der Waals surface area contributed by atoms with Gasteiger partial charge in [-0.3, -0.25) is 4.79 Å². The molecule has 1 atom stereocenters. The van der Waals surface area contributed by atoms with Crippen LogP contribution in [0.3, 0.4) is 0 Å². The van der Waals surface area contributed by atoms with Crippen LogP contribution in [0, 0.1) is 5.92 Å². The molecule has 1 saturated carbocycles. The largest absolute Gasteiger partial charge is 0.469 e. The summed E-state index contributed by atoms with van der Waals surface area (Å²) in [5, 5.41) is 0. The Labute approximate surface area is 108 Å². The monoisotopic (exact) mass is 257 g/mol. The number of esters is 1. The van der Waals surface area contributed by atoms with Crippen LogP contribution in [-0.4, -0.2) is 42.3 Å². The highest BCUT2D eigenvalue weighted by Gasteiger charge is 2.36. The van der Waals surface area contributed by atoms with E-state index in [1.807, 2.05) is 20.8 Å². The van der Waals surface area contributed by atoms with Crippen molar-refractivity contribution >= 4 is 12.1 Å². The summed E-state index contributed by atoms with van der Waals surface area (Å²) in [6.07, 6.45) is 1.61. The van der Waals surface area contributed by atoms with Gasteiger partial charge in [0.15, 0.2) is 0 Å². The van der Waals surface area contributed by atoms with E-state index in [9.17, 15) is 9.59 Å². The zero-order valence-electron chi connectivity index (χ0n) is 11.9. The van der Waals surface area contributed by atoms with Gasteiger partial charge >= 0.3 is 12.1 Å². The van der Waals surface area contributed by atoms with Gasteiger partial charge in [0, 0.05) is 12.6 Å². The summed E-state index contributed by atoms with van der Waals surface area (Å²) < 4.78 is 10.0. The molecule has 1 aliphatic carbocycles. The molecule has 0 aromatic heterocycles. The minimum atomic E-state index is -0.515. The minimum Gasteiger partial charge on any atom is -0.469 e. The van der Waals surface area contributed by atoms with Crippen molar-refractivity contribution < 1.29 is 19.1 Å². The first-order valence-corrected chi connectivity index (χ1v) is 6.32. The lowest BCUT2D eigenvalue weighted by Gasteiger charge is -2.28. The Morgan fingerprint density at radius 1 is 1.33 bits per heavy atom. The van der Waals surface area contributed by atoms with Crippen molar-refractivity contribution in [1.29, 1.82) is 0 Å². The summed E-state index contributed by atoms with van der Waals surface area (Å²) >= 11 is 0. The van der Waals surface area contributed by atoms with Gasteiger partial charge in [0.05, 0.1) is 13.0 Å². The molecule has 0 spiro atoms. The van der Waals surface area contributed by atoms with Crippen molar-refractivity contribution in [2.75, 3.05) is 13.7 Å². The van der Waals surface area contributed by atoms with E-state index in [-0.39, 0.29) is 24.0 Å². The van der Waals surface area contributed by atoms with Crippen molar-refractivity contribution in [2.24, 2.45) is 5.92 Å². The number of carbonyl (C=O) groups is 2. The van der Waals surface area contributed by atoms with Crippen LogP contribution in [0.2, 0.25) is 0 Å². The second-order valence-corrected chi connectivity index (χ2v) is 5.79. The fourth-order valence-corrected chi connectivity index (χ4v) is 1.65. The van der Waals surface area contributed by atoms with E-state index in [1.165, 1.54) is 7.11 Å². The molecule has 0 aliphatic heterocycles. The lowest BCUT2D eigenvalue weighted by Crippen LogP contribution is -2.42. The van der Waals surface area contributed by atoms with E-state index < -0.39 is 5.60 Å².